The summed E-state index contributed by atoms with van der Waals surface area (Å²) in [7, 11) is 1.90. The van der Waals surface area contributed by atoms with Gasteiger partial charge in [0.05, 0.1) is 5.92 Å². The number of nitrogens with one attached hydrogen (secondary N) is 1. The minimum atomic E-state index is -3.99. The first-order valence-electron chi connectivity index (χ1n) is 6.10. The molecule has 0 aromatic heterocycles. The van der Waals surface area contributed by atoms with Gasteiger partial charge < -0.3 is 5.32 Å². The lowest BCUT2D eigenvalue weighted by molar-refractivity contribution is -0.184. The van der Waals surface area contributed by atoms with E-state index in [1.54, 1.807) is 0 Å². The molecule has 1 nitrogen and oxygen atoms in total. The molecule has 1 rings (SSSR count). The van der Waals surface area contributed by atoms with Gasteiger partial charge in [-0.1, -0.05) is 13.8 Å². The predicted molar refractivity (Wildman–Crippen MR) is 59.2 cm³/mol. The Balaban J connectivity index is 2.48. The molecule has 0 aromatic rings. The summed E-state index contributed by atoms with van der Waals surface area (Å²) in [5, 5.41) is 3.24. The second kappa shape index (κ2) is 5.39. The van der Waals surface area contributed by atoms with E-state index in [-0.39, 0.29) is 0 Å². The highest BCUT2D eigenvalue weighted by atomic mass is 19.4. The summed E-state index contributed by atoms with van der Waals surface area (Å²) in [6, 6.07) is 0.356. The summed E-state index contributed by atoms with van der Waals surface area (Å²) < 4.78 is 37.5. The highest BCUT2D eigenvalue weighted by Crippen LogP contribution is 2.41. The van der Waals surface area contributed by atoms with Crippen LogP contribution in [0.2, 0.25) is 0 Å². The Hall–Kier alpha value is -0.250. The van der Waals surface area contributed by atoms with E-state index in [2.05, 4.69) is 19.2 Å². The van der Waals surface area contributed by atoms with Gasteiger partial charge in [0.25, 0.3) is 0 Å². The van der Waals surface area contributed by atoms with E-state index in [4.69, 9.17) is 0 Å². The number of hydrogen-bond acceptors (Lipinski definition) is 1. The van der Waals surface area contributed by atoms with E-state index in [1.807, 2.05) is 7.05 Å². The van der Waals surface area contributed by atoms with Crippen molar-refractivity contribution in [1.29, 1.82) is 0 Å². The van der Waals surface area contributed by atoms with Crippen LogP contribution in [0.1, 0.15) is 39.5 Å². The fourth-order valence-electron chi connectivity index (χ4n) is 2.92. The number of rotatable bonds is 3. The Morgan fingerprint density at radius 1 is 1.06 bits per heavy atom. The minimum Gasteiger partial charge on any atom is -0.316 e. The van der Waals surface area contributed by atoms with Crippen molar-refractivity contribution in [2.24, 2.45) is 17.8 Å². The lowest BCUT2D eigenvalue weighted by atomic mass is 9.75. The molecule has 1 fully saturated rings. The van der Waals surface area contributed by atoms with Crippen LogP contribution in [-0.4, -0.2) is 19.3 Å². The molecule has 1 saturated carbocycles. The number of halogens is 3. The van der Waals surface area contributed by atoms with Gasteiger partial charge in [-0.2, -0.15) is 13.2 Å². The molecule has 16 heavy (non-hydrogen) atoms. The molecular formula is C12H22F3N. The van der Waals surface area contributed by atoms with Crippen LogP contribution in [0.5, 0.6) is 0 Å². The largest absolute Gasteiger partial charge is 0.391 e. The molecule has 96 valence electrons. The van der Waals surface area contributed by atoms with Crippen LogP contribution in [0.25, 0.3) is 0 Å². The predicted octanol–water partition coefficient (Wildman–Crippen LogP) is 3.60. The van der Waals surface area contributed by atoms with Crippen LogP contribution in [-0.2, 0) is 0 Å². The van der Waals surface area contributed by atoms with Gasteiger partial charge in [-0.3, -0.25) is 0 Å². The molecule has 0 amide bonds. The van der Waals surface area contributed by atoms with E-state index < -0.39 is 12.1 Å². The Morgan fingerprint density at radius 2 is 1.56 bits per heavy atom. The summed E-state index contributed by atoms with van der Waals surface area (Å²) in [4.78, 5) is 0. The van der Waals surface area contributed by atoms with Gasteiger partial charge in [-0.05, 0) is 44.6 Å². The van der Waals surface area contributed by atoms with Crippen molar-refractivity contribution in [3.05, 3.63) is 0 Å². The maximum atomic E-state index is 12.5. The van der Waals surface area contributed by atoms with Crippen molar-refractivity contribution in [2.75, 3.05) is 7.05 Å². The molecule has 0 aromatic carbocycles. The SMILES string of the molecule is CNC(C(C)C)C1CCC(C(F)(F)F)CC1. The first-order valence-corrected chi connectivity index (χ1v) is 6.10. The molecule has 1 aliphatic carbocycles. The molecule has 0 saturated heterocycles. The van der Waals surface area contributed by atoms with Crippen molar-refractivity contribution in [3.63, 3.8) is 0 Å². The Labute approximate surface area is 95.8 Å². The van der Waals surface area contributed by atoms with Gasteiger partial charge in [-0.25, -0.2) is 0 Å². The first-order chi connectivity index (χ1) is 7.36. The van der Waals surface area contributed by atoms with Crippen LogP contribution < -0.4 is 5.32 Å². The van der Waals surface area contributed by atoms with E-state index in [0.29, 0.717) is 43.6 Å². The summed E-state index contributed by atoms with van der Waals surface area (Å²) in [5.41, 5.74) is 0. The highest BCUT2D eigenvalue weighted by Gasteiger charge is 2.42. The zero-order chi connectivity index (χ0) is 12.3. The van der Waals surface area contributed by atoms with Gasteiger partial charge in [-0.15, -0.1) is 0 Å². The molecule has 1 aliphatic rings. The normalized spacial score (nSPS) is 29.4. The zero-order valence-corrected chi connectivity index (χ0v) is 10.3. The van der Waals surface area contributed by atoms with Crippen molar-refractivity contribution >= 4 is 0 Å². The number of hydrogen-bond donors (Lipinski definition) is 1. The Kier molecular flexibility index (Phi) is 4.65. The van der Waals surface area contributed by atoms with Crippen molar-refractivity contribution < 1.29 is 13.2 Å². The molecule has 0 aliphatic heterocycles. The second-order valence-corrected chi connectivity index (χ2v) is 5.21. The van der Waals surface area contributed by atoms with Gasteiger partial charge in [0, 0.05) is 6.04 Å². The average molecular weight is 237 g/mol. The molecule has 4 heteroatoms. The third-order valence-electron chi connectivity index (χ3n) is 3.79. The highest BCUT2D eigenvalue weighted by molar-refractivity contribution is 4.84. The van der Waals surface area contributed by atoms with Crippen LogP contribution in [0.4, 0.5) is 13.2 Å². The van der Waals surface area contributed by atoms with Crippen LogP contribution in [0, 0.1) is 17.8 Å². The van der Waals surface area contributed by atoms with Gasteiger partial charge in [0.15, 0.2) is 0 Å². The van der Waals surface area contributed by atoms with Crippen molar-refractivity contribution in [2.45, 2.75) is 51.7 Å². The standard InChI is InChI=1S/C12H22F3N/c1-8(2)11(16-3)9-4-6-10(7-5-9)12(13,14)15/h8-11,16H,4-7H2,1-3H3. The van der Waals surface area contributed by atoms with E-state index >= 15 is 0 Å². The molecule has 0 bridgehead atoms. The fraction of sp³-hybridized carbons (Fsp3) is 1.00. The molecule has 1 atom stereocenters. The zero-order valence-electron chi connectivity index (χ0n) is 10.3. The summed E-state index contributed by atoms with van der Waals surface area (Å²) in [5.74, 6) is -0.172. The molecule has 0 heterocycles. The Bertz CT molecular complexity index is 205. The maximum absolute atomic E-state index is 12.5. The average Bonchev–Trinajstić information content (AvgIpc) is 2.17. The molecular weight excluding hydrogens is 215 g/mol. The summed E-state index contributed by atoms with van der Waals surface area (Å²) in [6.07, 6.45) is -1.97. The third-order valence-corrected chi connectivity index (χ3v) is 3.79. The molecule has 0 spiro atoms. The lowest BCUT2D eigenvalue weighted by Crippen LogP contribution is -2.41. The monoisotopic (exact) mass is 237 g/mol. The molecule has 1 N–H and O–H groups in total. The van der Waals surface area contributed by atoms with Crippen LogP contribution >= 0.6 is 0 Å². The topological polar surface area (TPSA) is 12.0 Å². The quantitative estimate of drug-likeness (QED) is 0.790. The van der Waals surface area contributed by atoms with Crippen molar-refractivity contribution in [1.82, 2.24) is 5.32 Å². The summed E-state index contributed by atoms with van der Waals surface area (Å²) in [6.45, 7) is 4.24. The minimum absolute atomic E-state index is 0.305. The van der Waals surface area contributed by atoms with Crippen molar-refractivity contribution in [3.8, 4) is 0 Å². The second-order valence-electron chi connectivity index (χ2n) is 5.21. The van der Waals surface area contributed by atoms with Crippen LogP contribution in [0.15, 0.2) is 0 Å². The smallest absolute Gasteiger partial charge is 0.316 e. The van der Waals surface area contributed by atoms with E-state index in [1.165, 1.54) is 0 Å². The summed E-state index contributed by atoms with van der Waals surface area (Å²) >= 11 is 0. The number of alkyl halides is 3. The fourth-order valence-corrected chi connectivity index (χ4v) is 2.92. The van der Waals surface area contributed by atoms with Gasteiger partial charge in [0.1, 0.15) is 0 Å². The Morgan fingerprint density at radius 3 is 1.88 bits per heavy atom. The maximum Gasteiger partial charge on any atom is 0.391 e. The van der Waals surface area contributed by atoms with E-state index in [0.717, 1.165) is 0 Å². The third kappa shape index (κ3) is 3.37. The molecule has 1 unspecified atom stereocenters. The lowest BCUT2D eigenvalue weighted by Gasteiger charge is -2.36. The van der Waals surface area contributed by atoms with E-state index in [9.17, 15) is 13.2 Å². The molecule has 0 radical (unpaired) electrons. The first kappa shape index (κ1) is 13.8. The van der Waals surface area contributed by atoms with Gasteiger partial charge in [0.2, 0.25) is 0 Å². The van der Waals surface area contributed by atoms with Gasteiger partial charge >= 0.3 is 6.18 Å². The van der Waals surface area contributed by atoms with Crippen LogP contribution in [0.3, 0.4) is 0 Å².